The predicted molar refractivity (Wildman–Crippen MR) is 128 cm³/mol. The topological polar surface area (TPSA) is 150 Å². The molecule has 0 fully saturated rings. The van der Waals surface area contributed by atoms with Crippen molar-refractivity contribution in [1.29, 1.82) is 0 Å². The molecular weight excluding hydrogens is 444 g/mol. The van der Waals surface area contributed by atoms with Crippen LogP contribution in [-0.2, 0) is 0 Å². The van der Waals surface area contributed by atoms with Gasteiger partial charge in [0.25, 0.3) is 0 Å². The molecule has 0 aliphatic heterocycles. The largest absolute Gasteiger partial charge is 0.502 e. The zero-order chi connectivity index (χ0) is 24.8. The number of ketones is 1. The van der Waals surface area contributed by atoms with E-state index in [2.05, 4.69) is 15.6 Å². The molecule has 0 saturated heterocycles. The minimum Gasteiger partial charge on any atom is -0.502 e. The van der Waals surface area contributed by atoms with Crippen molar-refractivity contribution in [2.45, 2.75) is 0 Å². The van der Waals surface area contributed by atoms with Gasteiger partial charge >= 0.3 is 0 Å². The van der Waals surface area contributed by atoms with Crippen LogP contribution < -0.4 is 35.3 Å². The highest BCUT2D eigenvalue weighted by atomic mass is 16.5. The number of phenolic OH excluding ortho intramolecular Hbond substituents is 1. The van der Waals surface area contributed by atoms with Gasteiger partial charge in [-0.1, -0.05) is 0 Å². The molecule has 1 aromatic heterocycles. The number of guanidine groups is 1. The lowest BCUT2D eigenvalue weighted by molar-refractivity contribution is 0.103. The van der Waals surface area contributed by atoms with Crippen LogP contribution in [0.5, 0.6) is 28.7 Å². The van der Waals surface area contributed by atoms with Crippen molar-refractivity contribution in [3.63, 3.8) is 0 Å². The highest BCUT2D eigenvalue weighted by Crippen LogP contribution is 2.43. The zero-order valence-electron chi connectivity index (χ0n) is 19.6. The van der Waals surface area contributed by atoms with Crippen molar-refractivity contribution in [3.05, 3.63) is 35.4 Å². The van der Waals surface area contributed by atoms with Crippen LogP contribution in [0.1, 0.15) is 15.9 Å². The van der Waals surface area contributed by atoms with Crippen LogP contribution in [0, 0.1) is 0 Å². The average molecular weight is 472 g/mol. The molecule has 0 bridgehead atoms. The van der Waals surface area contributed by atoms with E-state index in [0.717, 1.165) is 0 Å². The van der Waals surface area contributed by atoms with Crippen molar-refractivity contribution in [2.24, 2.45) is 10.7 Å². The number of nitrogens with one attached hydrogen (secondary N) is 2. The summed E-state index contributed by atoms with van der Waals surface area (Å²) in [6.45, 7) is 0.761. The summed E-state index contributed by atoms with van der Waals surface area (Å²) in [5.41, 5.74) is 6.26. The third kappa shape index (κ3) is 4.58. The van der Waals surface area contributed by atoms with Crippen LogP contribution in [0.25, 0.3) is 11.0 Å². The van der Waals surface area contributed by atoms with Gasteiger partial charge in [0.2, 0.25) is 17.4 Å². The molecule has 0 unspecified atom stereocenters. The number of aliphatic imine (C=N–C) groups is 1. The Morgan fingerprint density at radius 3 is 2.24 bits per heavy atom. The molecule has 2 aromatic carbocycles. The zero-order valence-corrected chi connectivity index (χ0v) is 19.6. The highest BCUT2D eigenvalue weighted by Gasteiger charge is 2.27. The Morgan fingerprint density at radius 2 is 1.68 bits per heavy atom. The quantitative estimate of drug-likeness (QED) is 0.150. The standard InChI is InChI=1S/C23H28N4O7/c1-25-23(24)27-9-8-26-22-17(13-6-7-14(30-2)19(29)20(13)34-22)18(28)12-10-15(31-3)21(33-5)16(11-12)32-4/h6-7,10-11,26,29H,8-9H2,1-5H3,(H3,24,25,27). The molecule has 3 rings (SSSR count). The number of carbonyl (C=O) groups is 1. The number of hydrogen-bond donors (Lipinski definition) is 4. The maximum absolute atomic E-state index is 13.7. The molecule has 0 aliphatic rings. The summed E-state index contributed by atoms with van der Waals surface area (Å²) in [5, 5.41) is 17.0. The fraction of sp³-hybridized carbons (Fsp3) is 0.304. The SMILES string of the molecule is CN=C(N)NCCNc1oc2c(O)c(OC)ccc2c1C(=O)c1cc(OC)c(OC)c(OC)c1. The number of fused-ring (bicyclic) bond motifs is 1. The highest BCUT2D eigenvalue weighted by molar-refractivity contribution is 6.20. The number of furan rings is 1. The van der Waals surface area contributed by atoms with Gasteiger partial charge in [-0.3, -0.25) is 9.79 Å². The number of nitrogens with zero attached hydrogens (tertiary/aromatic N) is 1. The van der Waals surface area contributed by atoms with Crippen molar-refractivity contribution in [2.75, 3.05) is 53.9 Å². The molecule has 11 heteroatoms. The molecule has 0 atom stereocenters. The van der Waals surface area contributed by atoms with Crippen molar-refractivity contribution in [3.8, 4) is 28.7 Å². The molecule has 0 spiro atoms. The second-order valence-electron chi connectivity index (χ2n) is 7.00. The fourth-order valence-corrected chi connectivity index (χ4v) is 3.45. The molecule has 0 radical (unpaired) electrons. The first-order valence-electron chi connectivity index (χ1n) is 10.3. The Labute approximate surface area is 196 Å². The minimum absolute atomic E-state index is 0.111. The van der Waals surface area contributed by atoms with Crippen LogP contribution in [0.15, 0.2) is 33.7 Å². The van der Waals surface area contributed by atoms with Gasteiger partial charge < -0.3 is 44.8 Å². The number of benzene rings is 2. The molecule has 0 saturated carbocycles. The number of rotatable bonds is 10. The average Bonchev–Trinajstić information content (AvgIpc) is 3.24. The number of hydrogen-bond acceptors (Lipinski definition) is 9. The lowest BCUT2D eigenvalue weighted by atomic mass is 10.0. The predicted octanol–water partition coefficient (Wildman–Crippen LogP) is 2.35. The van der Waals surface area contributed by atoms with Gasteiger partial charge in [0.15, 0.2) is 34.6 Å². The van der Waals surface area contributed by atoms with E-state index in [1.807, 2.05) is 0 Å². The number of nitrogens with two attached hydrogens (primary N) is 1. The van der Waals surface area contributed by atoms with Crippen molar-refractivity contribution in [1.82, 2.24) is 5.32 Å². The molecule has 5 N–H and O–H groups in total. The first-order valence-corrected chi connectivity index (χ1v) is 10.3. The third-order valence-electron chi connectivity index (χ3n) is 5.13. The number of methoxy groups -OCH3 is 4. The summed E-state index contributed by atoms with van der Waals surface area (Å²) in [4.78, 5) is 17.5. The first kappa shape index (κ1) is 24.4. The van der Waals surface area contributed by atoms with E-state index in [0.29, 0.717) is 35.7 Å². The molecule has 34 heavy (non-hydrogen) atoms. The van der Waals surface area contributed by atoms with Crippen LogP contribution in [0.4, 0.5) is 5.88 Å². The van der Waals surface area contributed by atoms with E-state index in [1.54, 1.807) is 31.3 Å². The summed E-state index contributed by atoms with van der Waals surface area (Å²) in [5.74, 6) is 1.09. The Morgan fingerprint density at radius 1 is 1.03 bits per heavy atom. The van der Waals surface area contributed by atoms with Gasteiger partial charge in [0.05, 0.1) is 34.0 Å². The second kappa shape index (κ2) is 10.6. The third-order valence-corrected chi connectivity index (χ3v) is 5.13. The molecule has 0 aliphatic carbocycles. The Kier molecular flexibility index (Phi) is 7.57. The number of ether oxygens (including phenoxy) is 4. The lowest BCUT2D eigenvalue weighted by Gasteiger charge is -2.14. The number of aromatic hydroxyl groups is 1. The smallest absolute Gasteiger partial charge is 0.205 e. The first-order chi connectivity index (χ1) is 16.4. The maximum Gasteiger partial charge on any atom is 0.205 e. The Bertz CT molecular complexity index is 1190. The minimum atomic E-state index is -0.382. The molecule has 182 valence electrons. The van der Waals surface area contributed by atoms with Crippen LogP contribution in [0.3, 0.4) is 0 Å². The number of phenols is 1. The summed E-state index contributed by atoms with van der Waals surface area (Å²) >= 11 is 0. The summed E-state index contributed by atoms with van der Waals surface area (Å²) < 4.78 is 27.2. The van der Waals surface area contributed by atoms with E-state index in [-0.39, 0.29) is 45.8 Å². The summed E-state index contributed by atoms with van der Waals surface area (Å²) in [6, 6.07) is 6.31. The van der Waals surface area contributed by atoms with Crippen molar-refractivity contribution >= 4 is 28.6 Å². The molecule has 0 amide bonds. The monoisotopic (exact) mass is 472 g/mol. The lowest BCUT2D eigenvalue weighted by Crippen LogP contribution is -2.34. The van der Waals surface area contributed by atoms with Gasteiger partial charge in [-0.25, -0.2) is 0 Å². The van der Waals surface area contributed by atoms with Gasteiger partial charge in [0, 0.05) is 31.1 Å². The maximum atomic E-state index is 13.7. The van der Waals surface area contributed by atoms with Crippen LogP contribution in [0.2, 0.25) is 0 Å². The van der Waals surface area contributed by atoms with Gasteiger partial charge in [-0.15, -0.1) is 0 Å². The number of anilines is 1. The summed E-state index contributed by atoms with van der Waals surface area (Å²) in [7, 11) is 7.41. The van der Waals surface area contributed by atoms with Gasteiger partial charge in [-0.2, -0.15) is 0 Å². The van der Waals surface area contributed by atoms with Gasteiger partial charge in [-0.05, 0) is 24.3 Å². The molecule has 1 heterocycles. The second-order valence-corrected chi connectivity index (χ2v) is 7.00. The Hall–Kier alpha value is -4.28. The van der Waals surface area contributed by atoms with E-state index in [4.69, 9.17) is 29.1 Å². The van der Waals surface area contributed by atoms with E-state index in [9.17, 15) is 9.90 Å². The normalized spacial score (nSPS) is 11.3. The van der Waals surface area contributed by atoms with Crippen LogP contribution >= 0.6 is 0 Å². The summed E-state index contributed by atoms with van der Waals surface area (Å²) in [6.07, 6.45) is 0. The molecule has 3 aromatic rings. The van der Waals surface area contributed by atoms with E-state index in [1.165, 1.54) is 28.4 Å². The van der Waals surface area contributed by atoms with Crippen molar-refractivity contribution < 1.29 is 33.3 Å². The Balaban J connectivity index is 2.10. The van der Waals surface area contributed by atoms with Crippen LogP contribution in [-0.4, -0.2) is 65.4 Å². The number of carbonyl (C=O) groups excluding carboxylic acids is 1. The fourth-order valence-electron chi connectivity index (χ4n) is 3.45. The molecule has 11 nitrogen and oxygen atoms in total. The molecular formula is C23H28N4O7. The van der Waals surface area contributed by atoms with Gasteiger partial charge in [0.1, 0.15) is 0 Å². The van der Waals surface area contributed by atoms with E-state index >= 15 is 0 Å². The van der Waals surface area contributed by atoms with E-state index < -0.39 is 0 Å².